The van der Waals surface area contributed by atoms with E-state index in [9.17, 15) is 4.79 Å². The molecule has 0 unspecified atom stereocenters. The van der Waals surface area contributed by atoms with Gasteiger partial charge in [0, 0.05) is 17.0 Å². The fourth-order valence-electron chi connectivity index (χ4n) is 1.95. The van der Waals surface area contributed by atoms with E-state index >= 15 is 0 Å². The van der Waals surface area contributed by atoms with Gasteiger partial charge in [-0.1, -0.05) is 11.6 Å². The number of carboxylic acids is 1. The summed E-state index contributed by atoms with van der Waals surface area (Å²) in [5.41, 5.74) is 2.03. The number of halogens is 1. The molecular formula is C14H13ClN2O2S. The van der Waals surface area contributed by atoms with E-state index in [1.807, 2.05) is 0 Å². The Hall–Kier alpha value is -1.59. The second kappa shape index (κ2) is 5.42. The maximum Gasteiger partial charge on any atom is 0.337 e. The predicted molar refractivity (Wildman–Crippen MR) is 79.8 cm³/mol. The minimum atomic E-state index is -1.02. The third kappa shape index (κ3) is 2.94. The van der Waals surface area contributed by atoms with E-state index in [4.69, 9.17) is 16.7 Å². The van der Waals surface area contributed by atoms with Gasteiger partial charge in [-0.15, -0.1) is 11.3 Å². The van der Waals surface area contributed by atoms with Crippen molar-refractivity contribution in [3.8, 4) is 0 Å². The molecule has 0 atom stereocenters. The summed E-state index contributed by atoms with van der Waals surface area (Å²) in [6.45, 7) is 0.595. The minimum absolute atomic E-state index is 0.106. The van der Waals surface area contributed by atoms with Crippen molar-refractivity contribution in [3.05, 3.63) is 44.9 Å². The van der Waals surface area contributed by atoms with E-state index in [0.29, 0.717) is 12.5 Å². The normalized spacial score (nSPS) is 14.2. The van der Waals surface area contributed by atoms with Crippen LogP contribution in [0.3, 0.4) is 0 Å². The maximum atomic E-state index is 11.0. The highest BCUT2D eigenvalue weighted by Crippen LogP contribution is 2.40. The lowest BCUT2D eigenvalue weighted by atomic mass is 10.2. The number of hydrogen-bond acceptors (Lipinski definition) is 4. The zero-order valence-corrected chi connectivity index (χ0v) is 12.2. The van der Waals surface area contributed by atoms with Gasteiger partial charge in [0.05, 0.1) is 22.8 Å². The lowest BCUT2D eigenvalue weighted by molar-refractivity contribution is 0.0697. The number of aromatic carboxylic acids is 1. The van der Waals surface area contributed by atoms with Crippen LogP contribution in [-0.2, 0) is 6.54 Å². The van der Waals surface area contributed by atoms with Gasteiger partial charge < -0.3 is 10.4 Å². The van der Waals surface area contributed by atoms with Crippen molar-refractivity contribution in [2.45, 2.75) is 25.3 Å². The van der Waals surface area contributed by atoms with Gasteiger partial charge in [0.2, 0.25) is 0 Å². The Morgan fingerprint density at radius 2 is 2.30 bits per heavy atom. The zero-order valence-electron chi connectivity index (χ0n) is 10.6. The molecule has 0 radical (unpaired) electrons. The van der Waals surface area contributed by atoms with E-state index in [1.54, 1.807) is 29.5 Å². The molecule has 1 aliphatic rings. The number of rotatable bonds is 5. The number of aromatic nitrogens is 1. The molecule has 4 nitrogen and oxygen atoms in total. The van der Waals surface area contributed by atoms with Gasteiger partial charge in [-0.2, -0.15) is 0 Å². The Labute approximate surface area is 125 Å². The molecule has 3 rings (SSSR count). The average Bonchev–Trinajstić information content (AvgIpc) is 3.17. The first kappa shape index (κ1) is 13.4. The van der Waals surface area contributed by atoms with Gasteiger partial charge >= 0.3 is 5.97 Å². The number of nitrogens with one attached hydrogen (secondary N) is 1. The highest BCUT2D eigenvalue weighted by molar-refractivity contribution is 7.09. The van der Waals surface area contributed by atoms with Gasteiger partial charge in [-0.05, 0) is 31.0 Å². The molecule has 1 aliphatic carbocycles. The SMILES string of the molecule is O=C(O)c1cc(NCc2nc(C3CC3)cs2)ccc1Cl. The number of carboxylic acid groups (broad SMARTS) is 1. The molecule has 1 saturated carbocycles. The van der Waals surface area contributed by atoms with Crippen LogP contribution in [0, 0.1) is 0 Å². The van der Waals surface area contributed by atoms with E-state index in [0.717, 1.165) is 10.7 Å². The summed E-state index contributed by atoms with van der Waals surface area (Å²) in [6, 6.07) is 4.90. The van der Waals surface area contributed by atoms with Gasteiger partial charge in [-0.25, -0.2) is 9.78 Å². The number of nitrogens with zero attached hydrogens (tertiary/aromatic N) is 1. The molecule has 2 N–H and O–H groups in total. The van der Waals surface area contributed by atoms with Gasteiger partial charge in [0.1, 0.15) is 5.01 Å². The Morgan fingerprint density at radius 3 is 3.00 bits per heavy atom. The quantitative estimate of drug-likeness (QED) is 0.877. The Kier molecular flexibility index (Phi) is 3.63. The lowest BCUT2D eigenvalue weighted by Gasteiger charge is -2.06. The first-order chi connectivity index (χ1) is 9.63. The molecule has 1 aromatic heterocycles. The second-order valence-electron chi connectivity index (χ2n) is 4.79. The molecule has 20 heavy (non-hydrogen) atoms. The fraction of sp³-hybridized carbons (Fsp3) is 0.286. The molecule has 0 bridgehead atoms. The molecule has 1 fully saturated rings. The van der Waals surface area contributed by atoms with Crippen molar-refractivity contribution in [1.82, 2.24) is 4.98 Å². The van der Waals surface area contributed by atoms with Crippen LogP contribution in [0.2, 0.25) is 5.02 Å². The van der Waals surface area contributed by atoms with Crippen molar-refractivity contribution >= 4 is 34.6 Å². The molecule has 2 aromatic rings. The topological polar surface area (TPSA) is 62.2 Å². The van der Waals surface area contributed by atoms with Crippen LogP contribution in [0.25, 0.3) is 0 Å². The van der Waals surface area contributed by atoms with Crippen LogP contribution >= 0.6 is 22.9 Å². The number of hydrogen-bond donors (Lipinski definition) is 2. The van der Waals surface area contributed by atoms with E-state index in [2.05, 4.69) is 15.7 Å². The van der Waals surface area contributed by atoms with Crippen LogP contribution in [0.5, 0.6) is 0 Å². The standard InChI is InChI=1S/C14H13ClN2O2S/c15-11-4-3-9(5-10(11)14(18)19)16-6-13-17-12(7-20-13)8-1-2-8/h3-5,7-8,16H,1-2,6H2,(H,18,19). The van der Waals surface area contributed by atoms with E-state index < -0.39 is 5.97 Å². The van der Waals surface area contributed by atoms with Crippen LogP contribution in [0.15, 0.2) is 23.6 Å². The lowest BCUT2D eigenvalue weighted by Crippen LogP contribution is -2.02. The molecule has 0 saturated heterocycles. The van der Waals surface area contributed by atoms with Crippen molar-refractivity contribution in [3.63, 3.8) is 0 Å². The molecule has 0 amide bonds. The maximum absolute atomic E-state index is 11.0. The van der Waals surface area contributed by atoms with Crippen LogP contribution in [0.4, 0.5) is 5.69 Å². The Bertz CT molecular complexity index is 652. The summed E-state index contributed by atoms with van der Waals surface area (Å²) in [6.07, 6.45) is 2.49. The summed E-state index contributed by atoms with van der Waals surface area (Å²) < 4.78 is 0. The molecule has 104 valence electrons. The van der Waals surface area contributed by atoms with Crippen LogP contribution in [-0.4, -0.2) is 16.1 Å². The first-order valence-corrected chi connectivity index (χ1v) is 7.60. The van der Waals surface area contributed by atoms with Crippen molar-refractivity contribution in [1.29, 1.82) is 0 Å². The smallest absolute Gasteiger partial charge is 0.337 e. The number of benzene rings is 1. The van der Waals surface area contributed by atoms with Crippen molar-refractivity contribution in [2.75, 3.05) is 5.32 Å². The summed E-state index contributed by atoms with van der Waals surface area (Å²) in [5.74, 6) is -0.363. The van der Waals surface area contributed by atoms with E-state index in [1.165, 1.54) is 18.5 Å². The Balaban J connectivity index is 1.67. The number of anilines is 1. The third-order valence-electron chi connectivity index (χ3n) is 3.21. The predicted octanol–water partition coefficient (Wildman–Crippen LogP) is 3.98. The van der Waals surface area contributed by atoms with Gasteiger partial charge in [0.15, 0.2) is 0 Å². The van der Waals surface area contributed by atoms with Crippen LogP contribution in [0.1, 0.15) is 39.8 Å². The summed E-state index contributed by atoms with van der Waals surface area (Å²) in [4.78, 5) is 15.6. The zero-order chi connectivity index (χ0) is 14.1. The van der Waals surface area contributed by atoms with Crippen molar-refractivity contribution < 1.29 is 9.90 Å². The third-order valence-corrected chi connectivity index (χ3v) is 4.40. The van der Waals surface area contributed by atoms with E-state index in [-0.39, 0.29) is 10.6 Å². The monoisotopic (exact) mass is 308 g/mol. The highest BCUT2D eigenvalue weighted by atomic mass is 35.5. The molecule has 0 spiro atoms. The molecule has 1 aromatic carbocycles. The molecule has 1 heterocycles. The van der Waals surface area contributed by atoms with Crippen LogP contribution < -0.4 is 5.32 Å². The number of carbonyl (C=O) groups is 1. The van der Waals surface area contributed by atoms with Crippen molar-refractivity contribution in [2.24, 2.45) is 0 Å². The largest absolute Gasteiger partial charge is 0.478 e. The average molecular weight is 309 g/mol. The number of thiazole rings is 1. The molecular weight excluding hydrogens is 296 g/mol. The fourth-order valence-corrected chi connectivity index (χ4v) is 2.96. The molecule has 0 aliphatic heterocycles. The van der Waals surface area contributed by atoms with Gasteiger partial charge in [0.25, 0.3) is 0 Å². The van der Waals surface area contributed by atoms with Gasteiger partial charge in [-0.3, -0.25) is 0 Å². The Morgan fingerprint density at radius 1 is 1.50 bits per heavy atom. The minimum Gasteiger partial charge on any atom is -0.478 e. The summed E-state index contributed by atoms with van der Waals surface area (Å²) in [5, 5.41) is 15.6. The summed E-state index contributed by atoms with van der Waals surface area (Å²) in [7, 11) is 0. The molecule has 6 heteroatoms. The summed E-state index contributed by atoms with van der Waals surface area (Å²) >= 11 is 7.47. The first-order valence-electron chi connectivity index (χ1n) is 6.34. The highest BCUT2D eigenvalue weighted by Gasteiger charge is 2.25. The second-order valence-corrected chi connectivity index (χ2v) is 6.14.